The van der Waals surface area contributed by atoms with Crippen molar-refractivity contribution in [1.82, 2.24) is 25.2 Å². The summed E-state index contributed by atoms with van der Waals surface area (Å²) in [6.45, 7) is 7.90. The highest BCUT2D eigenvalue weighted by Crippen LogP contribution is 2.24. The van der Waals surface area contributed by atoms with Crippen LogP contribution < -0.4 is 5.32 Å². The third kappa shape index (κ3) is 2.97. The normalized spacial score (nSPS) is 11.1. The average molecular weight is 360 g/mol. The van der Waals surface area contributed by atoms with Crippen LogP contribution in [0.15, 0.2) is 36.4 Å². The van der Waals surface area contributed by atoms with E-state index in [1.54, 1.807) is 4.68 Å². The van der Waals surface area contributed by atoms with Crippen LogP contribution in [0.2, 0.25) is 0 Å². The first-order valence-corrected chi connectivity index (χ1v) is 8.70. The maximum absolute atomic E-state index is 12.8. The fourth-order valence-corrected chi connectivity index (χ4v) is 3.18. The number of benzene rings is 2. The number of anilines is 1. The van der Waals surface area contributed by atoms with E-state index in [1.165, 1.54) is 0 Å². The summed E-state index contributed by atoms with van der Waals surface area (Å²) in [5, 5.41) is 15.7. The lowest BCUT2D eigenvalue weighted by Crippen LogP contribution is -2.12. The molecule has 0 aliphatic rings. The Morgan fingerprint density at radius 2 is 1.89 bits per heavy atom. The van der Waals surface area contributed by atoms with Crippen LogP contribution in [0.4, 0.5) is 5.69 Å². The lowest BCUT2D eigenvalue weighted by atomic mass is 10.1. The standard InChI is InChI=1S/C20H20N6O/c1-11-5-7-16(10-19(11)26-14(4)23-24-25-26)22-20(27)15-6-8-18-17(9-15)12(2)13(3)21-18/h5-10,21H,1-4H3,(H,22,27). The van der Waals surface area contributed by atoms with Gasteiger partial charge in [0.2, 0.25) is 0 Å². The summed E-state index contributed by atoms with van der Waals surface area (Å²) in [6, 6.07) is 11.4. The molecule has 2 heterocycles. The summed E-state index contributed by atoms with van der Waals surface area (Å²) < 4.78 is 1.66. The number of hydrogen-bond acceptors (Lipinski definition) is 4. The van der Waals surface area contributed by atoms with Gasteiger partial charge in [-0.3, -0.25) is 4.79 Å². The van der Waals surface area contributed by atoms with Gasteiger partial charge in [-0.05, 0) is 79.6 Å². The quantitative estimate of drug-likeness (QED) is 0.584. The van der Waals surface area contributed by atoms with Crippen molar-refractivity contribution in [1.29, 1.82) is 0 Å². The number of rotatable bonds is 3. The first kappa shape index (κ1) is 17.0. The number of aromatic amines is 1. The minimum Gasteiger partial charge on any atom is -0.358 e. The van der Waals surface area contributed by atoms with Gasteiger partial charge in [0.25, 0.3) is 5.91 Å². The maximum Gasteiger partial charge on any atom is 0.255 e. The first-order valence-electron chi connectivity index (χ1n) is 8.70. The number of nitrogens with zero attached hydrogens (tertiary/aromatic N) is 4. The molecule has 0 unspecified atom stereocenters. The molecule has 0 saturated heterocycles. The molecular formula is C20H20N6O. The highest BCUT2D eigenvalue weighted by atomic mass is 16.1. The Bertz CT molecular complexity index is 1170. The third-order valence-corrected chi connectivity index (χ3v) is 4.89. The van der Waals surface area contributed by atoms with Crippen molar-refractivity contribution in [3.63, 3.8) is 0 Å². The predicted octanol–water partition coefficient (Wildman–Crippen LogP) is 3.63. The van der Waals surface area contributed by atoms with E-state index in [9.17, 15) is 4.79 Å². The lowest BCUT2D eigenvalue weighted by molar-refractivity contribution is 0.102. The molecular weight excluding hydrogens is 340 g/mol. The van der Waals surface area contributed by atoms with Crippen LogP contribution in [0, 0.1) is 27.7 Å². The molecule has 2 N–H and O–H groups in total. The van der Waals surface area contributed by atoms with Crippen LogP contribution in [0.25, 0.3) is 16.6 Å². The minimum atomic E-state index is -0.154. The van der Waals surface area contributed by atoms with Gasteiger partial charge in [0.15, 0.2) is 5.82 Å². The fraction of sp³-hybridized carbons (Fsp3) is 0.200. The van der Waals surface area contributed by atoms with Gasteiger partial charge in [-0.2, -0.15) is 4.68 Å². The van der Waals surface area contributed by atoms with Crippen LogP contribution in [-0.2, 0) is 0 Å². The van der Waals surface area contributed by atoms with Gasteiger partial charge < -0.3 is 10.3 Å². The molecule has 7 nitrogen and oxygen atoms in total. The summed E-state index contributed by atoms with van der Waals surface area (Å²) in [5.74, 6) is 0.531. The van der Waals surface area contributed by atoms with Crippen LogP contribution in [-0.4, -0.2) is 31.1 Å². The minimum absolute atomic E-state index is 0.154. The van der Waals surface area contributed by atoms with Gasteiger partial charge >= 0.3 is 0 Å². The summed E-state index contributed by atoms with van der Waals surface area (Å²) in [7, 11) is 0. The molecule has 7 heteroatoms. The summed E-state index contributed by atoms with van der Waals surface area (Å²) >= 11 is 0. The molecule has 4 rings (SSSR count). The Labute approximate surface area is 156 Å². The molecule has 0 bridgehead atoms. The van der Waals surface area contributed by atoms with Gasteiger partial charge in [-0.25, -0.2) is 0 Å². The Morgan fingerprint density at radius 1 is 1.07 bits per heavy atom. The molecule has 0 atom stereocenters. The second-order valence-corrected chi connectivity index (χ2v) is 6.73. The van der Waals surface area contributed by atoms with Crippen LogP contribution in [0.1, 0.15) is 33.0 Å². The molecule has 2 aromatic carbocycles. The summed E-state index contributed by atoms with van der Waals surface area (Å²) in [4.78, 5) is 16.1. The largest absolute Gasteiger partial charge is 0.358 e. The molecule has 136 valence electrons. The second-order valence-electron chi connectivity index (χ2n) is 6.73. The second kappa shape index (κ2) is 6.35. The molecule has 4 aromatic rings. The number of aromatic nitrogens is 5. The topological polar surface area (TPSA) is 88.5 Å². The van der Waals surface area contributed by atoms with Crippen molar-refractivity contribution in [3.05, 3.63) is 64.6 Å². The Balaban J connectivity index is 1.65. The Hall–Kier alpha value is -3.48. The van der Waals surface area contributed by atoms with Gasteiger partial charge in [0.05, 0.1) is 5.69 Å². The average Bonchev–Trinajstić information content (AvgIpc) is 3.20. The third-order valence-electron chi connectivity index (χ3n) is 4.89. The number of nitrogens with one attached hydrogen (secondary N) is 2. The van der Waals surface area contributed by atoms with E-state index in [0.29, 0.717) is 17.1 Å². The van der Waals surface area contributed by atoms with Crippen molar-refractivity contribution in [3.8, 4) is 5.69 Å². The van der Waals surface area contributed by atoms with Crippen molar-refractivity contribution in [2.24, 2.45) is 0 Å². The van der Waals surface area contributed by atoms with E-state index in [-0.39, 0.29) is 5.91 Å². The number of hydrogen-bond donors (Lipinski definition) is 2. The number of carbonyl (C=O) groups is 1. The molecule has 0 fully saturated rings. The molecule has 0 spiro atoms. The van der Waals surface area contributed by atoms with Crippen molar-refractivity contribution < 1.29 is 4.79 Å². The zero-order valence-electron chi connectivity index (χ0n) is 15.7. The maximum atomic E-state index is 12.8. The highest BCUT2D eigenvalue weighted by molar-refractivity contribution is 6.06. The van der Waals surface area contributed by atoms with Gasteiger partial charge in [0.1, 0.15) is 0 Å². The molecule has 2 aromatic heterocycles. The highest BCUT2D eigenvalue weighted by Gasteiger charge is 2.12. The molecule has 0 radical (unpaired) electrons. The van der Waals surface area contributed by atoms with Crippen molar-refractivity contribution >= 4 is 22.5 Å². The fourth-order valence-electron chi connectivity index (χ4n) is 3.18. The molecule has 0 aliphatic carbocycles. The summed E-state index contributed by atoms with van der Waals surface area (Å²) in [5.41, 5.74) is 6.47. The Kier molecular flexibility index (Phi) is 3.99. The lowest BCUT2D eigenvalue weighted by Gasteiger charge is -2.10. The Morgan fingerprint density at radius 3 is 2.63 bits per heavy atom. The van der Waals surface area contributed by atoms with E-state index in [1.807, 2.05) is 57.2 Å². The number of aryl methyl sites for hydroxylation is 4. The first-order chi connectivity index (χ1) is 12.9. The van der Waals surface area contributed by atoms with Crippen LogP contribution in [0.3, 0.4) is 0 Å². The zero-order chi connectivity index (χ0) is 19.1. The molecule has 0 aliphatic heterocycles. The number of amides is 1. The van der Waals surface area contributed by atoms with Crippen LogP contribution in [0.5, 0.6) is 0 Å². The van der Waals surface area contributed by atoms with E-state index in [2.05, 4.69) is 32.7 Å². The number of carbonyl (C=O) groups excluding carboxylic acids is 1. The monoisotopic (exact) mass is 360 g/mol. The van der Waals surface area contributed by atoms with Gasteiger partial charge in [-0.15, -0.1) is 5.10 Å². The van der Waals surface area contributed by atoms with Crippen molar-refractivity contribution in [2.45, 2.75) is 27.7 Å². The van der Waals surface area contributed by atoms with E-state index in [4.69, 9.17) is 0 Å². The molecule has 1 amide bonds. The number of fused-ring (bicyclic) bond motifs is 1. The SMILES string of the molecule is Cc1ccc(NC(=O)c2ccc3[nH]c(C)c(C)c3c2)cc1-n1nnnc1C. The van der Waals surface area contributed by atoms with Crippen LogP contribution >= 0.6 is 0 Å². The summed E-state index contributed by atoms with van der Waals surface area (Å²) in [6.07, 6.45) is 0. The number of H-pyrrole nitrogens is 1. The number of tetrazole rings is 1. The predicted molar refractivity (Wildman–Crippen MR) is 104 cm³/mol. The van der Waals surface area contributed by atoms with E-state index in [0.717, 1.165) is 33.4 Å². The van der Waals surface area contributed by atoms with Gasteiger partial charge in [0, 0.05) is 27.8 Å². The van der Waals surface area contributed by atoms with Gasteiger partial charge in [-0.1, -0.05) is 6.07 Å². The van der Waals surface area contributed by atoms with Crippen molar-refractivity contribution in [2.75, 3.05) is 5.32 Å². The zero-order valence-corrected chi connectivity index (χ0v) is 15.7. The molecule has 0 saturated carbocycles. The molecule has 27 heavy (non-hydrogen) atoms. The van der Waals surface area contributed by atoms with E-state index >= 15 is 0 Å². The van der Waals surface area contributed by atoms with E-state index < -0.39 is 0 Å². The smallest absolute Gasteiger partial charge is 0.255 e.